The molecule has 4 aromatic rings. The van der Waals surface area contributed by atoms with Crippen molar-refractivity contribution in [2.24, 2.45) is 0 Å². The molecule has 5 rings (SSSR count). The van der Waals surface area contributed by atoms with Crippen molar-refractivity contribution in [1.29, 1.82) is 0 Å². The van der Waals surface area contributed by atoms with Gasteiger partial charge in [0, 0.05) is 32.7 Å². The van der Waals surface area contributed by atoms with Crippen molar-refractivity contribution in [2.75, 3.05) is 26.0 Å². The van der Waals surface area contributed by atoms with Crippen LogP contribution >= 0.6 is 22.9 Å². The number of hydrogen-bond donors (Lipinski definition) is 2. The normalized spacial score (nSPS) is 16.4. The lowest BCUT2D eigenvalue weighted by Gasteiger charge is -2.15. The topological polar surface area (TPSA) is 88.6 Å². The summed E-state index contributed by atoms with van der Waals surface area (Å²) in [5.41, 5.74) is 1.44. The molecule has 1 aliphatic rings. The second-order valence-corrected chi connectivity index (χ2v) is 10.5. The van der Waals surface area contributed by atoms with Crippen LogP contribution in [0.1, 0.15) is 16.9 Å². The lowest BCUT2D eigenvalue weighted by atomic mass is 10.2. The fourth-order valence-corrected chi connectivity index (χ4v) is 5.04. The number of rotatable bonds is 6. The molecule has 11 heteroatoms. The third-order valence-corrected chi connectivity index (χ3v) is 7.15. The Kier molecular flexibility index (Phi) is 8.12. The Balaban J connectivity index is 1.24. The molecule has 1 amide bonds. The maximum absolute atomic E-state index is 13.4. The lowest BCUT2D eigenvalue weighted by Crippen LogP contribution is -2.29. The Hall–Kier alpha value is -3.91. The largest absolute Gasteiger partial charge is 0.487 e. The molecule has 2 aromatic heterocycles. The van der Waals surface area contributed by atoms with E-state index in [9.17, 15) is 9.18 Å². The first kappa shape index (κ1) is 26.7. The number of nitrogens with zero attached hydrogens (tertiary/aromatic N) is 3. The highest BCUT2D eigenvalue weighted by Gasteiger charge is 2.26. The van der Waals surface area contributed by atoms with E-state index >= 15 is 0 Å². The Morgan fingerprint density at radius 2 is 2.13 bits per heavy atom. The van der Waals surface area contributed by atoms with Gasteiger partial charge in [-0.2, -0.15) is 0 Å². The van der Waals surface area contributed by atoms with Crippen LogP contribution in [0, 0.1) is 17.7 Å². The van der Waals surface area contributed by atoms with E-state index in [0.29, 0.717) is 35.1 Å². The Labute approximate surface area is 234 Å². The fourth-order valence-electron chi connectivity index (χ4n) is 3.95. The van der Waals surface area contributed by atoms with E-state index in [-0.39, 0.29) is 30.7 Å². The van der Waals surface area contributed by atoms with Crippen LogP contribution in [0.25, 0.3) is 10.2 Å². The van der Waals surface area contributed by atoms with Crippen LogP contribution in [-0.4, -0.2) is 53.7 Å². The van der Waals surface area contributed by atoms with E-state index in [1.54, 1.807) is 38.4 Å². The number of aromatic nitrogens is 2. The molecule has 3 heterocycles. The van der Waals surface area contributed by atoms with Gasteiger partial charge in [0.15, 0.2) is 0 Å². The smallest absolute Gasteiger partial charge is 0.409 e. The monoisotopic (exact) mass is 565 g/mol. The van der Waals surface area contributed by atoms with Gasteiger partial charge in [0.2, 0.25) is 0 Å². The van der Waals surface area contributed by atoms with Crippen molar-refractivity contribution in [3.8, 4) is 17.6 Å². The zero-order chi connectivity index (χ0) is 27.4. The van der Waals surface area contributed by atoms with Crippen LogP contribution in [0.3, 0.4) is 0 Å². The second-order valence-electron chi connectivity index (χ2n) is 9.11. The summed E-state index contributed by atoms with van der Waals surface area (Å²) in [6, 6.07) is 13.5. The number of amides is 1. The summed E-state index contributed by atoms with van der Waals surface area (Å²) in [5.74, 6) is 7.24. The Morgan fingerprint density at radius 3 is 2.92 bits per heavy atom. The molecular weight excluding hydrogens is 541 g/mol. The van der Waals surface area contributed by atoms with Crippen molar-refractivity contribution in [1.82, 2.24) is 20.2 Å². The Bertz CT molecular complexity index is 1570. The number of halogens is 2. The van der Waals surface area contributed by atoms with E-state index in [2.05, 4.69) is 32.4 Å². The first-order valence-corrected chi connectivity index (χ1v) is 13.3. The molecule has 2 N–H and O–H groups in total. The van der Waals surface area contributed by atoms with Gasteiger partial charge in [-0.05, 0) is 42.0 Å². The Morgan fingerprint density at radius 1 is 1.26 bits per heavy atom. The first-order valence-electron chi connectivity index (χ1n) is 12.2. The molecule has 0 unspecified atom stereocenters. The van der Waals surface area contributed by atoms with Crippen LogP contribution in [-0.2, 0) is 11.3 Å². The molecule has 2 aromatic carbocycles. The van der Waals surface area contributed by atoms with Crippen LogP contribution in [0.4, 0.5) is 20.7 Å². The lowest BCUT2D eigenvalue weighted by molar-refractivity contribution is 0.0826. The number of thiophene rings is 1. The predicted molar refractivity (Wildman–Crippen MR) is 150 cm³/mol. The summed E-state index contributed by atoms with van der Waals surface area (Å²) in [6.45, 7) is 0.774. The van der Waals surface area contributed by atoms with Gasteiger partial charge in [-0.25, -0.2) is 19.2 Å². The molecule has 1 aliphatic heterocycles. The van der Waals surface area contributed by atoms with Crippen LogP contribution < -0.4 is 15.4 Å². The third kappa shape index (κ3) is 6.75. The average Bonchev–Trinajstić information content (AvgIpc) is 3.54. The van der Waals surface area contributed by atoms with Gasteiger partial charge in [0.05, 0.1) is 21.3 Å². The number of ether oxygens (including phenoxy) is 2. The van der Waals surface area contributed by atoms with Crippen molar-refractivity contribution < 1.29 is 18.7 Å². The minimum Gasteiger partial charge on any atom is -0.487 e. The van der Waals surface area contributed by atoms with Gasteiger partial charge in [-0.1, -0.05) is 35.6 Å². The maximum Gasteiger partial charge on any atom is 0.409 e. The van der Waals surface area contributed by atoms with Crippen LogP contribution in [0.5, 0.6) is 5.75 Å². The molecular formula is C28H25ClFN5O3S. The molecule has 0 aliphatic carbocycles. The number of nitrogens with one attached hydrogen (secondary N) is 2. The van der Waals surface area contributed by atoms with Gasteiger partial charge >= 0.3 is 6.09 Å². The zero-order valence-electron chi connectivity index (χ0n) is 21.2. The number of carbonyl (C=O) groups excluding carboxylic acids is 1. The number of hydrogen-bond acceptors (Lipinski definition) is 8. The van der Waals surface area contributed by atoms with Crippen molar-refractivity contribution >= 4 is 50.8 Å². The minimum absolute atomic E-state index is 0.0670. The summed E-state index contributed by atoms with van der Waals surface area (Å²) >= 11 is 7.92. The highest BCUT2D eigenvalue weighted by molar-refractivity contribution is 7.19. The number of fused-ring (bicyclic) bond motifs is 1. The van der Waals surface area contributed by atoms with E-state index in [1.165, 1.54) is 34.7 Å². The second kappa shape index (κ2) is 11.9. The number of benzene rings is 2. The predicted octanol–water partition coefficient (Wildman–Crippen LogP) is 5.59. The molecule has 1 saturated heterocycles. The zero-order valence-corrected chi connectivity index (χ0v) is 22.8. The van der Waals surface area contributed by atoms with Gasteiger partial charge in [-0.3, -0.25) is 5.32 Å². The van der Waals surface area contributed by atoms with E-state index in [1.807, 2.05) is 12.1 Å². The molecule has 8 nitrogen and oxygen atoms in total. The minimum atomic E-state index is -0.356. The van der Waals surface area contributed by atoms with Gasteiger partial charge < -0.3 is 19.7 Å². The molecule has 39 heavy (non-hydrogen) atoms. The van der Waals surface area contributed by atoms with Gasteiger partial charge in [0.1, 0.15) is 41.3 Å². The standard InChI is InChI=1S/C28H25ClFN5O3S/c1-35(2)28(36)38-21-11-19(31-14-21)6-8-22-13-23-26(32-16-33-27(23)39-22)34-20-7-9-25(24(29)12-20)37-15-17-4-3-5-18(30)10-17/h3-5,7,9-10,12-13,16,19,21,31H,11,14-15H2,1-2H3,(H,32,33,34)/t19-,21+/m1/s1. The van der Waals surface area contributed by atoms with Gasteiger partial charge in [-0.15, -0.1) is 11.3 Å². The molecule has 2 atom stereocenters. The highest BCUT2D eigenvalue weighted by Crippen LogP contribution is 2.33. The van der Waals surface area contributed by atoms with Crippen LogP contribution in [0.15, 0.2) is 54.9 Å². The summed E-state index contributed by atoms with van der Waals surface area (Å²) in [7, 11) is 3.32. The SMILES string of the molecule is CN(C)C(=O)O[C@@H]1CN[C@H](C#Cc2cc3c(Nc4ccc(OCc5cccc(F)c5)c(Cl)c4)ncnc3s2)C1. The van der Waals surface area contributed by atoms with E-state index < -0.39 is 0 Å². The highest BCUT2D eigenvalue weighted by atomic mass is 35.5. The quantitative estimate of drug-likeness (QED) is 0.295. The average molecular weight is 566 g/mol. The summed E-state index contributed by atoms with van der Waals surface area (Å²) in [4.78, 5) is 23.6. The molecule has 200 valence electrons. The van der Waals surface area contributed by atoms with E-state index in [0.717, 1.165) is 20.8 Å². The molecule has 1 fully saturated rings. The van der Waals surface area contributed by atoms with Crippen molar-refractivity contribution in [3.63, 3.8) is 0 Å². The van der Waals surface area contributed by atoms with Crippen LogP contribution in [0.2, 0.25) is 5.02 Å². The number of carbonyl (C=O) groups is 1. The molecule has 0 saturated carbocycles. The summed E-state index contributed by atoms with van der Waals surface area (Å²) in [6.07, 6.45) is 1.57. The summed E-state index contributed by atoms with van der Waals surface area (Å²) < 4.78 is 24.6. The number of anilines is 2. The van der Waals surface area contributed by atoms with E-state index in [4.69, 9.17) is 21.1 Å². The third-order valence-electron chi connectivity index (χ3n) is 5.90. The fraction of sp³-hybridized carbons (Fsp3) is 0.250. The van der Waals surface area contributed by atoms with Gasteiger partial charge in [0.25, 0.3) is 0 Å². The van der Waals surface area contributed by atoms with Crippen molar-refractivity contribution in [2.45, 2.75) is 25.2 Å². The summed E-state index contributed by atoms with van der Waals surface area (Å²) in [5, 5.41) is 7.83. The molecule has 0 radical (unpaired) electrons. The van der Waals surface area contributed by atoms with Crippen molar-refractivity contribution in [3.05, 3.63) is 76.1 Å². The molecule has 0 bridgehead atoms. The first-order chi connectivity index (χ1) is 18.8. The maximum atomic E-state index is 13.4. The molecule has 0 spiro atoms.